The molecule has 0 unspecified atom stereocenters. The van der Waals surface area contributed by atoms with Gasteiger partial charge in [0.1, 0.15) is 11.5 Å². The van der Waals surface area contributed by atoms with E-state index in [1.807, 2.05) is 12.2 Å². The van der Waals surface area contributed by atoms with Crippen LogP contribution in [0.5, 0.6) is 5.75 Å². The summed E-state index contributed by atoms with van der Waals surface area (Å²) in [6, 6.07) is 68.5. The second kappa shape index (κ2) is 13.4. The molecule has 9 aromatic carbocycles. The second-order valence-corrected chi connectivity index (χ2v) is 15.2. The van der Waals surface area contributed by atoms with E-state index in [0.29, 0.717) is 0 Å². The van der Waals surface area contributed by atoms with E-state index < -0.39 is 5.41 Å². The van der Waals surface area contributed by atoms with E-state index in [9.17, 15) is 0 Å². The number of rotatable bonds is 6. The van der Waals surface area contributed by atoms with Gasteiger partial charge in [0.05, 0.1) is 11.1 Å². The first-order chi connectivity index (χ1) is 28.7. The van der Waals surface area contributed by atoms with Crippen molar-refractivity contribution < 1.29 is 4.74 Å². The van der Waals surface area contributed by atoms with Gasteiger partial charge in [-0.3, -0.25) is 0 Å². The van der Waals surface area contributed by atoms with Gasteiger partial charge in [0.15, 0.2) is 0 Å². The molecule has 0 saturated heterocycles. The van der Waals surface area contributed by atoms with Gasteiger partial charge in [-0.25, -0.2) is 0 Å². The Balaban J connectivity index is 1.13. The Labute approximate surface area is 338 Å². The third kappa shape index (κ3) is 4.92. The van der Waals surface area contributed by atoms with Crippen molar-refractivity contribution in [2.45, 2.75) is 12.3 Å². The van der Waals surface area contributed by atoms with Crippen molar-refractivity contribution in [1.29, 1.82) is 0 Å². The maximum Gasteiger partial charge on any atom is 0.134 e. The Hall–Kier alpha value is -7.42. The third-order valence-electron chi connectivity index (χ3n) is 12.3. The summed E-state index contributed by atoms with van der Waals surface area (Å²) in [4.78, 5) is 2.37. The summed E-state index contributed by atoms with van der Waals surface area (Å²) >= 11 is 0. The predicted octanol–water partition coefficient (Wildman–Crippen LogP) is 15.0. The van der Waals surface area contributed by atoms with E-state index in [1.54, 1.807) is 0 Å². The lowest BCUT2D eigenvalue weighted by Crippen LogP contribution is -2.33. The standard InChI is InChI=1S/C56H39NO/c1-3-4-30-54-37(2)56(50-27-15-12-25-47(50)48-26-13-16-28-51(48)56)52-34-32-40(36-55(52)58-54)57(39-18-6-5-7-19-39)53-29-17-14-20-41(53)38-31-33-46-44-23-9-8-21-42(44)43-22-10-11-24-45(43)49(46)35-38/h3-36H,1H2,2H3/b30-4-. The average Bonchev–Trinajstić information content (AvgIpc) is 3.58. The van der Waals surface area contributed by atoms with Gasteiger partial charge in [0.25, 0.3) is 0 Å². The smallest absolute Gasteiger partial charge is 0.134 e. The Morgan fingerprint density at radius 3 is 1.69 bits per heavy atom. The molecule has 11 rings (SSSR count). The average molecular weight is 742 g/mol. The fraction of sp³-hybridized carbons (Fsp3) is 0.0357. The summed E-state index contributed by atoms with van der Waals surface area (Å²) in [6.07, 6.45) is 5.83. The van der Waals surface area contributed by atoms with Crippen molar-refractivity contribution in [3.63, 3.8) is 0 Å². The predicted molar refractivity (Wildman–Crippen MR) is 244 cm³/mol. The van der Waals surface area contributed by atoms with Gasteiger partial charge in [-0.15, -0.1) is 0 Å². The SMILES string of the molecule is C=C/C=C\C1=C(C)C2(c3ccc(N(c4ccccc4)c4ccccc4-c4ccc5c6ccccc6c6ccccc6c5c4)cc3O1)c1ccccc1-c1ccccc12. The molecular weight excluding hydrogens is 703 g/mol. The fourth-order valence-electron chi connectivity index (χ4n) is 9.86. The van der Waals surface area contributed by atoms with Gasteiger partial charge in [0, 0.05) is 28.6 Å². The molecule has 0 bridgehead atoms. The molecule has 0 amide bonds. The van der Waals surface area contributed by atoms with Crippen LogP contribution in [0.25, 0.3) is 54.6 Å². The van der Waals surface area contributed by atoms with Crippen LogP contribution in [0.2, 0.25) is 0 Å². The van der Waals surface area contributed by atoms with E-state index in [4.69, 9.17) is 4.74 Å². The van der Waals surface area contributed by atoms with Crippen LogP contribution in [0.15, 0.2) is 224 Å². The quantitative estimate of drug-likeness (QED) is 0.124. The molecule has 1 aliphatic carbocycles. The van der Waals surface area contributed by atoms with Crippen molar-refractivity contribution in [3.8, 4) is 28.0 Å². The molecule has 0 fully saturated rings. The molecule has 9 aromatic rings. The van der Waals surface area contributed by atoms with E-state index in [1.165, 1.54) is 54.6 Å². The molecule has 0 atom stereocenters. The number of hydrogen-bond acceptors (Lipinski definition) is 2. The molecule has 274 valence electrons. The molecule has 2 nitrogen and oxygen atoms in total. The molecule has 2 aliphatic rings. The summed E-state index contributed by atoms with van der Waals surface area (Å²) in [5.41, 5.74) is 12.3. The van der Waals surface area contributed by atoms with Crippen LogP contribution < -0.4 is 9.64 Å². The lowest BCUT2D eigenvalue weighted by atomic mass is 9.66. The van der Waals surface area contributed by atoms with Crippen LogP contribution in [-0.4, -0.2) is 0 Å². The number of ether oxygens (including phenoxy) is 1. The third-order valence-corrected chi connectivity index (χ3v) is 12.3. The van der Waals surface area contributed by atoms with Crippen LogP contribution >= 0.6 is 0 Å². The highest BCUT2D eigenvalue weighted by Crippen LogP contribution is 2.61. The zero-order valence-corrected chi connectivity index (χ0v) is 32.2. The van der Waals surface area contributed by atoms with Crippen LogP contribution in [0.4, 0.5) is 17.1 Å². The Morgan fingerprint density at radius 1 is 0.483 bits per heavy atom. The monoisotopic (exact) mass is 741 g/mol. The number of nitrogens with zero attached hydrogens (tertiary/aromatic N) is 1. The van der Waals surface area contributed by atoms with Crippen molar-refractivity contribution in [2.75, 3.05) is 4.90 Å². The van der Waals surface area contributed by atoms with Gasteiger partial charge >= 0.3 is 0 Å². The first kappa shape index (κ1) is 33.9. The number of fused-ring (bicyclic) bond motifs is 13. The number of anilines is 3. The Morgan fingerprint density at radius 2 is 1.03 bits per heavy atom. The minimum Gasteiger partial charge on any atom is -0.457 e. The van der Waals surface area contributed by atoms with E-state index in [0.717, 1.165) is 50.8 Å². The highest BCUT2D eigenvalue weighted by atomic mass is 16.5. The molecule has 0 aromatic heterocycles. The largest absolute Gasteiger partial charge is 0.457 e. The number of benzene rings is 9. The van der Waals surface area contributed by atoms with Crippen LogP contribution in [0.1, 0.15) is 23.6 Å². The Kier molecular flexibility index (Phi) is 7.80. The van der Waals surface area contributed by atoms with Crippen LogP contribution in [-0.2, 0) is 5.41 Å². The van der Waals surface area contributed by atoms with Crippen LogP contribution in [0, 0.1) is 0 Å². The van der Waals surface area contributed by atoms with E-state index in [2.05, 4.69) is 213 Å². The van der Waals surface area contributed by atoms with Gasteiger partial charge in [-0.05, 0) is 109 Å². The highest BCUT2D eigenvalue weighted by Gasteiger charge is 2.50. The number of hydrogen-bond donors (Lipinski definition) is 0. The number of allylic oxidation sites excluding steroid dienone is 4. The number of para-hydroxylation sites is 2. The molecule has 2 heteroatoms. The summed E-state index contributed by atoms with van der Waals surface area (Å²) in [5.74, 6) is 1.67. The summed E-state index contributed by atoms with van der Waals surface area (Å²) in [5, 5.41) is 7.59. The minimum atomic E-state index is -0.520. The Bertz CT molecular complexity index is 3110. The van der Waals surface area contributed by atoms with Crippen LogP contribution in [0.3, 0.4) is 0 Å². The van der Waals surface area contributed by atoms with Crippen molar-refractivity contribution >= 4 is 49.4 Å². The maximum absolute atomic E-state index is 6.98. The normalized spacial score (nSPS) is 13.8. The fourth-order valence-corrected chi connectivity index (χ4v) is 9.86. The summed E-state index contributed by atoms with van der Waals surface area (Å²) in [7, 11) is 0. The molecule has 58 heavy (non-hydrogen) atoms. The zero-order valence-electron chi connectivity index (χ0n) is 32.2. The van der Waals surface area contributed by atoms with Gasteiger partial charge < -0.3 is 9.64 Å². The second-order valence-electron chi connectivity index (χ2n) is 15.2. The van der Waals surface area contributed by atoms with E-state index in [-0.39, 0.29) is 0 Å². The molecule has 0 N–H and O–H groups in total. The molecule has 1 aliphatic heterocycles. The lowest BCUT2D eigenvalue weighted by molar-refractivity contribution is 0.399. The summed E-state index contributed by atoms with van der Waals surface area (Å²) in [6.45, 7) is 6.21. The molecular formula is C56H39NO. The van der Waals surface area contributed by atoms with Crippen molar-refractivity contribution in [1.82, 2.24) is 0 Å². The highest BCUT2D eigenvalue weighted by molar-refractivity contribution is 6.25. The van der Waals surface area contributed by atoms with Gasteiger partial charge in [-0.1, -0.05) is 170 Å². The first-order valence-corrected chi connectivity index (χ1v) is 20.0. The lowest BCUT2D eigenvalue weighted by Gasteiger charge is -2.40. The van der Waals surface area contributed by atoms with Gasteiger partial charge in [0.2, 0.25) is 0 Å². The van der Waals surface area contributed by atoms with Crippen molar-refractivity contribution in [3.05, 3.63) is 241 Å². The van der Waals surface area contributed by atoms with Gasteiger partial charge in [-0.2, -0.15) is 0 Å². The molecule has 0 saturated carbocycles. The zero-order chi connectivity index (χ0) is 38.8. The summed E-state index contributed by atoms with van der Waals surface area (Å²) < 4.78 is 6.98. The first-order valence-electron chi connectivity index (χ1n) is 20.0. The van der Waals surface area contributed by atoms with E-state index >= 15 is 0 Å². The van der Waals surface area contributed by atoms with Crippen molar-refractivity contribution in [2.24, 2.45) is 0 Å². The topological polar surface area (TPSA) is 12.5 Å². The molecule has 1 heterocycles. The minimum absolute atomic E-state index is 0.520. The maximum atomic E-state index is 6.98. The molecule has 1 spiro atoms. The molecule has 0 radical (unpaired) electrons.